The molecule has 136 valence electrons. The van der Waals surface area contributed by atoms with E-state index in [0.29, 0.717) is 11.8 Å². The van der Waals surface area contributed by atoms with Gasteiger partial charge in [-0.1, -0.05) is 52.3 Å². The second kappa shape index (κ2) is 6.47. The van der Waals surface area contributed by atoms with E-state index in [1.807, 2.05) is 6.21 Å². The Balaban J connectivity index is 1.98. The Morgan fingerprint density at radius 3 is 2.68 bits per heavy atom. The third-order valence-corrected chi connectivity index (χ3v) is 6.62. The topological polar surface area (TPSA) is 76.8 Å². The summed E-state index contributed by atoms with van der Waals surface area (Å²) in [5, 5.41) is 8.04. The highest BCUT2D eigenvalue weighted by molar-refractivity contribution is 5.76. The summed E-state index contributed by atoms with van der Waals surface area (Å²) in [7, 11) is 0. The largest absolute Gasteiger partial charge is 0.369 e. The van der Waals surface area contributed by atoms with E-state index in [1.165, 1.54) is 24.8 Å². The van der Waals surface area contributed by atoms with Crippen LogP contribution in [0.2, 0.25) is 0 Å². The van der Waals surface area contributed by atoms with Crippen LogP contribution in [0.25, 0.3) is 0 Å². The van der Waals surface area contributed by atoms with Crippen LogP contribution in [0.5, 0.6) is 0 Å². The van der Waals surface area contributed by atoms with E-state index >= 15 is 0 Å². The summed E-state index contributed by atoms with van der Waals surface area (Å²) in [4.78, 5) is 0. The van der Waals surface area contributed by atoms with Crippen molar-refractivity contribution in [3.05, 3.63) is 34.9 Å². The lowest BCUT2D eigenvalue weighted by Gasteiger charge is -2.54. The quantitative estimate of drug-likeness (QED) is 0.494. The highest BCUT2D eigenvalue weighted by atomic mass is 15.3. The zero-order chi connectivity index (χ0) is 18.2. The Labute approximate surface area is 151 Å². The molecule has 3 atom stereocenters. The SMILES string of the molecule is CC(C)c1ccc2c(c1)CCC1[C@@](C)(/C=N/N=C(N)N)CCC[C@]21C. The van der Waals surface area contributed by atoms with E-state index < -0.39 is 0 Å². The van der Waals surface area contributed by atoms with Crippen molar-refractivity contribution in [3.63, 3.8) is 0 Å². The normalized spacial score (nSPS) is 31.6. The number of nitrogens with zero attached hydrogens (tertiary/aromatic N) is 2. The van der Waals surface area contributed by atoms with Crippen molar-refractivity contribution >= 4 is 12.2 Å². The van der Waals surface area contributed by atoms with Gasteiger partial charge in [0.25, 0.3) is 0 Å². The molecule has 0 amide bonds. The molecule has 0 aromatic heterocycles. The van der Waals surface area contributed by atoms with Crippen molar-refractivity contribution in [1.29, 1.82) is 0 Å². The fourth-order valence-electron chi connectivity index (χ4n) is 5.30. The van der Waals surface area contributed by atoms with Crippen LogP contribution in [0.1, 0.15) is 76.0 Å². The second-order valence-electron chi connectivity index (χ2n) is 8.71. The molecule has 0 saturated heterocycles. The Morgan fingerprint density at radius 1 is 1.24 bits per heavy atom. The molecule has 0 bridgehead atoms. The molecule has 25 heavy (non-hydrogen) atoms. The number of hydrogen-bond donors (Lipinski definition) is 2. The van der Waals surface area contributed by atoms with Gasteiger partial charge in [0.15, 0.2) is 0 Å². The molecule has 3 rings (SSSR count). The summed E-state index contributed by atoms with van der Waals surface area (Å²) in [6, 6.07) is 7.17. The lowest BCUT2D eigenvalue weighted by molar-refractivity contribution is 0.0809. The fraction of sp³-hybridized carbons (Fsp3) is 0.619. The van der Waals surface area contributed by atoms with E-state index in [4.69, 9.17) is 11.5 Å². The van der Waals surface area contributed by atoms with Crippen LogP contribution in [0.4, 0.5) is 0 Å². The molecule has 0 aliphatic heterocycles. The smallest absolute Gasteiger partial charge is 0.211 e. The van der Waals surface area contributed by atoms with Gasteiger partial charge in [0.05, 0.1) is 0 Å². The summed E-state index contributed by atoms with van der Waals surface area (Å²) < 4.78 is 0. The number of benzene rings is 1. The summed E-state index contributed by atoms with van der Waals surface area (Å²) >= 11 is 0. The predicted molar refractivity (Wildman–Crippen MR) is 106 cm³/mol. The van der Waals surface area contributed by atoms with Crippen molar-refractivity contribution in [2.45, 2.75) is 71.1 Å². The lowest BCUT2D eigenvalue weighted by atomic mass is 9.50. The van der Waals surface area contributed by atoms with Gasteiger partial charge >= 0.3 is 0 Å². The Morgan fingerprint density at radius 2 is 2.00 bits per heavy atom. The van der Waals surface area contributed by atoms with Gasteiger partial charge in [0.1, 0.15) is 0 Å². The first-order chi connectivity index (χ1) is 11.8. The molecule has 0 radical (unpaired) electrons. The van der Waals surface area contributed by atoms with Crippen LogP contribution in [0, 0.1) is 11.3 Å². The summed E-state index contributed by atoms with van der Waals surface area (Å²) in [6.07, 6.45) is 7.97. The van der Waals surface area contributed by atoms with Gasteiger partial charge in [-0.25, -0.2) is 0 Å². The zero-order valence-corrected chi connectivity index (χ0v) is 16.0. The Hall–Kier alpha value is -1.84. The molecular weight excluding hydrogens is 308 g/mol. The van der Waals surface area contributed by atoms with Crippen LogP contribution < -0.4 is 11.5 Å². The molecule has 0 spiro atoms. The standard InChI is InChI=1S/C21H32N4/c1-14(2)15-6-8-17-16(12-15)7-9-18-20(3,13-24-25-19(22)23)10-5-11-21(17,18)4/h6,8,12-14,18H,5,7,9-11H2,1-4H3,(H4,22,23,25)/b24-13+/t18?,20-,21-/m1/s1. The number of guanidine groups is 1. The van der Waals surface area contributed by atoms with Crippen LogP contribution in [-0.2, 0) is 11.8 Å². The van der Waals surface area contributed by atoms with Crippen molar-refractivity contribution in [2.75, 3.05) is 0 Å². The number of fused-ring (bicyclic) bond motifs is 3. The summed E-state index contributed by atoms with van der Waals surface area (Å²) in [5.41, 5.74) is 15.7. The van der Waals surface area contributed by atoms with E-state index in [-0.39, 0.29) is 16.8 Å². The summed E-state index contributed by atoms with van der Waals surface area (Å²) in [5.74, 6) is 1.18. The van der Waals surface area contributed by atoms with Gasteiger partial charge in [-0.15, -0.1) is 5.10 Å². The number of hydrogen-bond acceptors (Lipinski definition) is 2. The first kappa shape index (κ1) is 18.0. The molecule has 1 saturated carbocycles. The molecule has 4 N–H and O–H groups in total. The average Bonchev–Trinajstić information content (AvgIpc) is 2.53. The van der Waals surface area contributed by atoms with Gasteiger partial charge < -0.3 is 11.5 Å². The molecule has 2 aliphatic rings. The van der Waals surface area contributed by atoms with Crippen LogP contribution in [0.15, 0.2) is 28.4 Å². The maximum atomic E-state index is 5.42. The van der Waals surface area contributed by atoms with Gasteiger partial charge in [0.2, 0.25) is 5.96 Å². The van der Waals surface area contributed by atoms with Crippen molar-refractivity contribution in [1.82, 2.24) is 0 Å². The van der Waals surface area contributed by atoms with E-state index in [9.17, 15) is 0 Å². The lowest BCUT2D eigenvalue weighted by Crippen LogP contribution is -2.49. The van der Waals surface area contributed by atoms with E-state index in [1.54, 1.807) is 11.1 Å². The third kappa shape index (κ3) is 3.19. The van der Waals surface area contributed by atoms with E-state index in [2.05, 4.69) is 56.1 Å². The van der Waals surface area contributed by atoms with Gasteiger partial charge in [-0.3, -0.25) is 0 Å². The van der Waals surface area contributed by atoms with Crippen LogP contribution >= 0.6 is 0 Å². The van der Waals surface area contributed by atoms with Crippen LogP contribution in [0.3, 0.4) is 0 Å². The van der Waals surface area contributed by atoms with Crippen LogP contribution in [-0.4, -0.2) is 12.2 Å². The number of rotatable bonds is 3. The minimum atomic E-state index is 0.0219. The molecular formula is C21H32N4. The van der Waals surface area contributed by atoms with Crippen molar-refractivity contribution in [2.24, 2.45) is 33.0 Å². The number of aryl methyl sites for hydroxylation is 1. The average molecular weight is 341 g/mol. The molecule has 1 unspecified atom stereocenters. The zero-order valence-electron chi connectivity index (χ0n) is 16.0. The highest BCUT2D eigenvalue weighted by Gasteiger charge is 2.51. The predicted octanol–water partition coefficient (Wildman–Crippen LogP) is 4.08. The third-order valence-electron chi connectivity index (χ3n) is 6.62. The molecule has 4 nitrogen and oxygen atoms in total. The molecule has 1 aromatic rings. The van der Waals surface area contributed by atoms with E-state index in [0.717, 1.165) is 12.8 Å². The minimum absolute atomic E-state index is 0.0219. The fourth-order valence-corrected chi connectivity index (χ4v) is 5.30. The summed E-state index contributed by atoms with van der Waals surface area (Å²) in [6.45, 7) is 9.32. The number of nitrogens with two attached hydrogens (primary N) is 2. The minimum Gasteiger partial charge on any atom is -0.369 e. The first-order valence-electron chi connectivity index (χ1n) is 9.53. The Bertz CT molecular complexity index is 702. The second-order valence-corrected chi connectivity index (χ2v) is 8.71. The van der Waals surface area contributed by atoms with Gasteiger partial charge in [0, 0.05) is 11.6 Å². The van der Waals surface area contributed by atoms with Gasteiger partial charge in [-0.05, 0) is 59.6 Å². The van der Waals surface area contributed by atoms with Crippen molar-refractivity contribution in [3.8, 4) is 0 Å². The monoisotopic (exact) mass is 340 g/mol. The molecule has 1 aromatic carbocycles. The highest BCUT2D eigenvalue weighted by Crippen LogP contribution is 2.56. The van der Waals surface area contributed by atoms with Gasteiger partial charge in [-0.2, -0.15) is 5.10 Å². The first-order valence-corrected chi connectivity index (χ1v) is 9.53. The molecule has 2 aliphatic carbocycles. The molecule has 1 fully saturated rings. The molecule has 4 heteroatoms. The maximum absolute atomic E-state index is 5.42. The Kier molecular flexibility index (Phi) is 4.65. The molecule has 0 heterocycles. The maximum Gasteiger partial charge on any atom is 0.211 e. The van der Waals surface area contributed by atoms with Crippen molar-refractivity contribution < 1.29 is 0 Å².